The molecular formula is C16H25FN2. The molecule has 0 bridgehead atoms. The van der Waals surface area contributed by atoms with Crippen molar-refractivity contribution in [1.82, 2.24) is 4.90 Å². The van der Waals surface area contributed by atoms with Gasteiger partial charge in [0.2, 0.25) is 0 Å². The Hall–Kier alpha value is -0.930. The van der Waals surface area contributed by atoms with Crippen LogP contribution in [0.5, 0.6) is 0 Å². The van der Waals surface area contributed by atoms with Crippen LogP contribution in [-0.2, 0) is 13.1 Å². The number of piperidine rings is 1. The van der Waals surface area contributed by atoms with Crippen molar-refractivity contribution < 1.29 is 4.39 Å². The van der Waals surface area contributed by atoms with Crippen molar-refractivity contribution in [2.45, 2.75) is 45.7 Å². The van der Waals surface area contributed by atoms with Crippen molar-refractivity contribution in [3.63, 3.8) is 0 Å². The van der Waals surface area contributed by atoms with E-state index >= 15 is 0 Å². The smallest absolute Gasteiger partial charge is 0.132 e. The van der Waals surface area contributed by atoms with E-state index in [9.17, 15) is 4.39 Å². The van der Waals surface area contributed by atoms with Crippen LogP contribution in [0.15, 0.2) is 18.2 Å². The molecule has 0 atom stereocenters. The van der Waals surface area contributed by atoms with Gasteiger partial charge in [-0.25, -0.2) is 4.39 Å². The number of halogens is 1. The van der Waals surface area contributed by atoms with Crippen LogP contribution in [0.1, 0.15) is 43.7 Å². The number of rotatable bonds is 5. The van der Waals surface area contributed by atoms with E-state index in [2.05, 4.69) is 11.8 Å². The first-order valence-corrected chi connectivity index (χ1v) is 7.43. The molecule has 1 aromatic rings. The second-order valence-electron chi connectivity index (χ2n) is 5.60. The third-order valence-corrected chi connectivity index (χ3v) is 4.18. The van der Waals surface area contributed by atoms with Crippen LogP contribution in [0.4, 0.5) is 4.39 Å². The van der Waals surface area contributed by atoms with Crippen molar-refractivity contribution >= 4 is 0 Å². The molecule has 1 fully saturated rings. The Balaban J connectivity index is 1.92. The quantitative estimate of drug-likeness (QED) is 0.884. The minimum atomic E-state index is -0.110. The van der Waals surface area contributed by atoms with Crippen LogP contribution in [0, 0.1) is 11.7 Å². The van der Waals surface area contributed by atoms with Crippen molar-refractivity contribution in [2.75, 3.05) is 13.1 Å². The van der Waals surface area contributed by atoms with Gasteiger partial charge in [-0.15, -0.1) is 0 Å². The second-order valence-corrected chi connectivity index (χ2v) is 5.60. The van der Waals surface area contributed by atoms with E-state index in [0.717, 1.165) is 31.1 Å². The predicted octanol–water partition coefficient (Wildman–Crippen LogP) is 3.30. The lowest BCUT2D eigenvalue weighted by Crippen LogP contribution is -2.33. The Morgan fingerprint density at radius 1 is 1.26 bits per heavy atom. The molecule has 0 radical (unpaired) electrons. The topological polar surface area (TPSA) is 29.3 Å². The summed E-state index contributed by atoms with van der Waals surface area (Å²) in [6.45, 7) is 5.44. The molecule has 2 N–H and O–H groups in total. The molecule has 106 valence electrons. The van der Waals surface area contributed by atoms with Gasteiger partial charge >= 0.3 is 0 Å². The maximum atomic E-state index is 14.1. The first kappa shape index (κ1) is 14.5. The number of nitrogens with two attached hydrogens (primary N) is 1. The number of likely N-dealkylation sites (tertiary alicyclic amines) is 1. The van der Waals surface area contributed by atoms with Crippen LogP contribution >= 0.6 is 0 Å². The molecule has 0 saturated carbocycles. The summed E-state index contributed by atoms with van der Waals surface area (Å²) < 4.78 is 14.1. The maximum Gasteiger partial charge on any atom is 0.132 e. The van der Waals surface area contributed by atoms with Gasteiger partial charge in [-0.3, -0.25) is 4.90 Å². The highest BCUT2D eigenvalue weighted by Crippen LogP contribution is 2.23. The van der Waals surface area contributed by atoms with Gasteiger partial charge in [0.05, 0.1) is 0 Å². The average molecular weight is 264 g/mol. The fourth-order valence-electron chi connectivity index (χ4n) is 3.00. The summed E-state index contributed by atoms with van der Waals surface area (Å²) >= 11 is 0. The highest BCUT2D eigenvalue weighted by atomic mass is 19.1. The van der Waals surface area contributed by atoms with Gasteiger partial charge < -0.3 is 5.73 Å². The number of hydrogen-bond donors (Lipinski definition) is 1. The number of hydrogen-bond acceptors (Lipinski definition) is 2. The SMILES string of the molecule is CCCC1CCN(Cc2cccc(CN)c2F)CC1. The Labute approximate surface area is 115 Å². The largest absolute Gasteiger partial charge is 0.326 e. The first-order valence-electron chi connectivity index (χ1n) is 7.43. The highest BCUT2D eigenvalue weighted by Gasteiger charge is 2.19. The fraction of sp³-hybridized carbons (Fsp3) is 0.625. The van der Waals surface area contributed by atoms with E-state index in [0.29, 0.717) is 5.56 Å². The molecule has 0 amide bonds. The average Bonchev–Trinajstić information content (AvgIpc) is 2.43. The number of benzene rings is 1. The van der Waals surface area contributed by atoms with E-state index in [1.54, 1.807) is 6.07 Å². The Morgan fingerprint density at radius 2 is 1.95 bits per heavy atom. The van der Waals surface area contributed by atoms with E-state index in [-0.39, 0.29) is 12.4 Å². The van der Waals surface area contributed by atoms with Gasteiger partial charge in [0.25, 0.3) is 0 Å². The van der Waals surface area contributed by atoms with E-state index < -0.39 is 0 Å². The minimum Gasteiger partial charge on any atom is -0.326 e. The Kier molecular flexibility index (Phi) is 5.34. The lowest BCUT2D eigenvalue weighted by atomic mass is 9.92. The predicted molar refractivity (Wildman–Crippen MR) is 77.2 cm³/mol. The summed E-state index contributed by atoms with van der Waals surface area (Å²) in [7, 11) is 0. The van der Waals surface area contributed by atoms with Gasteiger partial charge in [-0.2, -0.15) is 0 Å². The van der Waals surface area contributed by atoms with Crippen LogP contribution < -0.4 is 5.73 Å². The van der Waals surface area contributed by atoms with Gasteiger partial charge in [0.1, 0.15) is 5.82 Å². The molecule has 2 rings (SSSR count). The van der Waals surface area contributed by atoms with E-state index in [4.69, 9.17) is 5.73 Å². The standard InChI is InChI=1S/C16H25FN2/c1-2-4-13-7-9-19(10-8-13)12-15-6-3-5-14(11-18)16(15)17/h3,5-6,13H,2,4,7-12,18H2,1H3. The van der Waals surface area contributed by atoms with Crippen LogP contribution in [-0.4, -0.2) is 18.0 Å². The third kappa shape index (κ3) is 3.77. The molecule has 0 unspecified atom stereocenters. The molecular weight excluding hydrogens is 239 g/mol. The van der Waals surface area contributed by atoms with Crippen molar-refractivity contribution in [2.24, 2.45) is 11.7 Å². The molecule has 1 saturated heterocycles. The zero-order chi connectivity index (χ0) is 13.7. The summed E-state index contributed by atoms with van der Waals surface area (Å²) in [5.74, 6) is 0.766. The van der Waals surface area contributed by atoms with E-state index in [1.165, 1.54) is 25.7 Å². The van der Waals surface area contributed by atoms with Gasteiger partial charge in [-0.1, -0.05) is 38.0 Å². The molecule has 0 spiro atoms. The van der Waals surface area contributed by atoms with Gasteiger partial charge in [0.15, 0.2) is 0 Å². The summed E-state index contributed by atoms with van der Waals surface area (Å²) in [5, 5.41) is 0. The van der Waals surface area contributed by atoms with E-state index in [1.807, 2.05) is 12.1 Å². The highest BCUT2D eigenvalue weighted by molar-refractivity contribution is 5.25. The van der Waals surface area contributed by atoms with Crippen molar-refractivity contribution in [3.8, 4) is 0 Å². The molecule has 0 aliphatic carbocycles. The maximum absolute atomic E-state index is 14.1. The molecule has 0 aromatic heterocycles. The lowest BCUT2D eigenvalue weighted by molar-refractivity contribution is 0.170. The monoisotopic (exact) mass is 264 g/mol. The summed E-state index contributed by atoms with van der Waals surface area (Å²) in [6, 6.07) is 5.56. The zero-order valence-corrected chi connectivity index (χ0v) is 11.9. The Bertz CT molecular complexity index is 398. The summed E-state index contributed by atoms with van der Waals surface area (Å²) in [5.41, 5.74) is 6.96. The molecule has 19 heavy (non-hydrogen) atoms. The Morgan fingerprint density at radius 3 is 2.58 bits per heavy atom. The molecule has 3 heteroatoms. The summed E-state index contributed by atoms with van der Waals surface area (Å²) in [6.07, 6.45) is 5.13. The van der Waals surface area contributed by atoms with Gasteiger partial charge in [-0.05, 0) is 31.8 Å². The molecule has 1 aromatic carbocycles. The molecule has 1 aliphatic heterocycles. The van der Waals surface area contributed by atoms with Crippen LogP contribution in [0.3, 0.4) is 0 Å². The first-order chi connectivity index (χ1) is 9.24. The third-order valence-electron chi connectivity index (χ3n) is 4.18. The van der Waals surface area contributed by atoms with Crippen molar-refractivity contribution in [1.29, 1.82) is 0 Å². The normalized spacial score (nSPS) is 17.8. The van der Waals surface area contributed by atoms with Crippen molar-refractivity contribution in [3.05, 3.63) is 35.1 Å². The zero-order valence-electron chi connectivity index (χ0n) is 11.9. The van der Waals surface area contributed by atoms with Crippen LogP contribution in [0.25, 0.3) is 0 Å². The second kappa shape index (κ2) is 7.01. The summed E-state index contributed by atoms with van der Waals surface area (Å²) in [4.78, 5) is 2.37. The molecule has 1 aliphatic rings. The molecule has 1 heterocycles. The fourth-order valence-corrected chi connectivity index (χ4v) is 3.00. The lowest BCUT2D eigenvalue weighted by Gasteiger charge is -2.32. The minimum absolute atomic E-state index is 0.110. The number of nitrogens with zero attached hydrogens (tertiary/aromatic N) is 1. The van der Waals surface area contributed by atoms with Gasteiger partial charge in [0, 0.05) is 24.2 Å². The van der Waals surface area contributed by atoms with Crippen LogP contribution in [0.2, 0.25) is 0 Å². The molecule has 2 nitrogen and oxygen atoms in total.